The average Bonchev–Trinajstić information content (AvgIpc) is 2.33. The van der Waals surface area contributed by atoms with Gasteiger partial charge in [-0.1, -0.05) is 0 Å². The molecule has 1 saturated heterocycles. The van der Waals surface area contributed by atoms with E-state index in [9.17, 15) is 5.11 Å². The van der Waals surface area contributed by atoms with Gasteiger partial charge in [-0.25, -0.2) is 0 Å². The topological polar surface area (TPSA) is 58.5 Å². The van der Waals surface area contributed by atoms with Gasteiger partial charge < -0.3 is 9.84 Å². The van der Waals surface area contributed by atoms with Crippen molar-refractivity contribution in [1.82, 2.24) is 14.9 Å². The molecule has 0 amide bonds. The molecule has 0 bridgehead atoms. The van der Waals surface area contributed by atoms with Crippen LogP contribution < -0.4 is 0 Å². The van der Waals surface area contributed by atoms with Crippen molar-refractivity contribution in [2.24, 2.45) is 0 Å². The number of aliphatic hydroxyl groups is 1. The quantitative estimate of drug-likeness (QED) is 0.780. The first-order valence-corrected chi connectivity index (χ1v) is 5.50. The first kappa shape index (κ1) is 11.4. The van der Waals surface area contributed by atoms with E-state index < -0.39 is 0 Å². The van der Waals surface area contributed by atoms with E-state index in [1.54, 1.807) is 12.4 Å². The van der Waals surface area contributed by atoms with E-state index in [0.717, 1.165) is 31.1 Å². The van der Waals surface area contributed by atoms with Crippen LogP contribution in [0.3, 0.4) is 0 Å². The van der Waals surface area contributed by atoms with Crippen LogP contribution in [0.25, 0.3) is 0 Å². The molecule has 0 radical (unpaired) electrons. The molecule has 1 aromatic rings. The lowest BCUT2D eigenvalue weighted by molar-refractivity contribution is -0.0317. The van der Waals surface area contributed by atoms with Gasteiger partial charge in [0.2, 0.25) is 0 Å². The highest BCUT2D eigenvalue weighted by Crippen LogP contribution is 2.10. The fourth-order valence-corrected chi connectivity index (χ4v) is 1.77. The number of aromatic nitrogens is 2. The van der Waals surface area contributed by atoms with Crippen LogP contribution in [0.1, 0.15) is 11.4 Å². The van der Waals surface area contributed by atoms with Crippen molar-refractivity contribution in [3.8, 4) is 0 Å². The number of ether oxygens (including phenoxy) is 1. The zero-order valence-corrected chi connectivity index (χ0v) is 9.46. The van der Waals surface area contributed by atoms with E-state index in [2.05, 4.69) is 14.9 Å². The van der Waals surface area contributed by atoms with E-state index in [1.165, 1.54) is 0 Å². The third-order valence-electron chi connectivity index (χ3n) is 2.76. The first-order valence-electron chi connectivity index (χ1n) is 5.50. The summed E-state index contributed by atoms with van der Waals surface area (Å²) in [6.07, 6.45) is 3.56. The van der Waals surface area contributed by atoms with Crippen molar-refractivity contribution in [2.45, 2.75) is 19.5 Å². The zero-order valence-electron chi connectivity index (χ0n) is 9.46. The van der Waals surface area contributed by atoms with Gasteiger partial charge in [0.25, 0.3) is 0 Å². The van der Waals surface area contributed by atoms with Gasteiger partial charge in [-0.05, 0) is 6.92 Å². The summed E-state index contributed by atoms with van der Waals surface area (Å²) in [7, 11) is 0. The molecule has 1 atom stereocenters. The second kappa shape index (κ2) is 5.34. The van der Waals surface area contributed by atoms with Crippen LogP contribution >= 0.6 is 0 Å². The largest absolute Gasteiger partial charge is 0.395 e. The van der Waals surface area contributed by atoms with Crippen molar-refractivity contribution in [2.75, 3.05) is 26.4 Å². The van der Waals surface area contributed by atoms with Crippen molar-refractivity contribution >= 4 is 0 Å². The minimum Gasteiger partial charge on any atom is -0.395 e. The maximum atomic E-state index is 9.23. The monoisotopic (exact) mass is 223 g/mol. The maximum absolute atomic E-state index is 9.23. The molecule has 16 heavy (non-hydrogen) atoms. The van der Waals surface area contributed by atoms with Gasteiger partial charge >= 0.3 is 0 Å². The van der Waals surface area contributed by atoms with Crippen molar-refractivity contribution in [3.63, 3.8) is 0 Å². The maximum Gasteiger partial charge on any atom is 0.0727 e. The highest BCUT2D eigenvalue weighted by Gasteiger charge is 2.22. The Morgan fingerprint density at radius 2 is 2.38 bits per heavy atom. The molecular formula is C11H17N3O2. The Morgan fingerprint density at radius 1 is 1.50 bits per heavy atom. The van der Waals surface area contributed by atoms with Crippen LogP contribution in [0.2, 0.25) is 0 Å². The van der Waals surface area contributed by atoms with Crippen LogP contribution in [-0.4, -0.2) is 52.4 Å². The predicted molar refractivity (Wildman–Crippen MR) is 58.9 cm³/mol. The Kier molecular flexibility index (Phi) is 3.82. The summed E-state index contributed by atoms with van der Waals surface area (Å²) in [5, 5.41) is 9.23. The molecule has 2 rings (SSSR count). The summed E-state index contributed by atoms with van der Waals surface area (Å²) in [5.41, 5.74) is 1.86. The van der Waals surface area contributed by atoms with E-state index in [4.69, 9.17) is 4.74 Å². The molecule has 1 N–H and O–H groups in total. The highest BCUT2D eigenvalue weighted by molar-refractivity contribution is 5.01. The van der Waals surface area contributed by atoms with Crippen LogP contribution in [-0.2, 0) is 11.3 Å². The van der Waals surface area contributed by atoms with Crippen LogP contribution in [0.4, 0.5) is 0 Å². The standard InChI is InChI=1S/C11H17N3O2/c1-9-4-13-10(5-12-9)6-14-2-3-16-8-11(14)7-15/h4-5,11,15H,2-3,6-8H2,1H3. The van der Waals surface area contributed by atoms with Gasteiger partial charge in [-0.3, -0.25) is 14.9 Å². The fraction of sp³-hybridized carbons (Fsp3) is 0.636. The lowest BCUT2D eigenvalue weighted by Gasteiger charge is -2.33. The Balaban J connectivity index is 1.99. The van der Waals surface area contributed by atoms with Gasteiger partial charge in [-0.15, -0.1) is 0 Å². The third kappa shape index (κ3) is 2.75. The lowest BCUT2D eigenvalue weighted by Crippen LogP contribution is -2.46. The molecule has 0 aliphatic carbocycles. The molecular weight excluding hydrogens is 206 g/mol. The van der Waals surface area contributed by atoms with E-state index >= 15 is 0 Å². The second-order valence-corrected chi connectivity index (χ2v) is 4.03. The van der Waals surface area contributed by atoms with Gasteiger partial charge in [0, 0.05) is 25.5 Å². The SMILES string of the molecule is Cc1cnc(CN2CCOCC2CO)cn1. The molecule has 1 fully saturated rings. The molecule has 1 aromatic heterocycles. The lowest BCUT2D eigenvalue weighted by atomic mass is 10.2. The summed E-state index contributed by atoms with van der Waals surface area (Å²) in [6, 6.07) is 0.0804. The van der Waals surface area contributed by atoms with E-state index in [0.29, 0.717) is 6.61 Å². The number of aliphatic hydroxyl groups excluding tert-OH is 1. The predicted octanol–water partition coefficient (Wildman–Crippen LogP) is -0.0219. The van der Waals surface area contributed by atoms with Gasteiger partial charge in [0.1, 0.15) is 0 Å². The van der Waals surface area contributed by atoms with E-state index in [-0.39, 0.29) is 12.6 Å². The molecule has 0 saturated carbocycles. The molecule has 1 aliphatic heterocycles. The van der Waals surface area contributed by atoms with Gasteiger partial charge in [0.15, 0.2) is 0 Å². The number of nitrogens with zero attached hydrogens (tertiary/aromatic N) is 3. The van der Waals surface area contributed by atoms with Gasteiger partial charge in [-0.2, -0.15) is 0 Å². The fourth-order valence-electron chi connectivity index (χ4n) is 1.77. The minimum absolute atomic E-state index is 0.0804. The molecule has 2 heterocycles. The van der Waals surface area contributed by atoms with Crippen molar-refractivity contribution < 1.29 is 9.84 Å². The summed E-state index contributed by atoms with van der Waals surface area (Å²) >= 11 is 0. The molecule has 1 aliphatic rings. The number of morpholine rings is 1. The normalized spacial score (nSPS) is 22.2. The smallest absolute Gasteiger partial charge is 0.0727 e. The molecule has 0 aromatic carbocycles. The van der Waals surface area contributed by atoms with Gasteiger partial charge in [0.05, 0.1) is 37.3 Å². The first-order chi connectivity index (χ1) is 7.79. The molecule has 5 heteroatoms. The molecule has 5 nitrogen and oxygen atoms in total. The minimum atomic E-state index is 0.0804. The van der Waals surface area contributed by atoms with Crippen molar-refractivity contribution in [1.29, 1.82) is 0 Å². The van der Waals surface area contributed by atoms with E-state index in [1.807, 2.05) is 6.92 Å². The summed E-state index contributed by atoms with van der Waals surface area (Å²) in [6.45, 7) is 4.91. The summed E-state index contributed by atoms with van der Waals surface area (Å²) < 4.78 is 5.32. The van der Waals surface area contributed by atoms with Crippen LogP contribution in [0, 0.1) is 6.92 Å². The van der Waals surface area contributed by atoms with Crippen LogP contribution in [0.5, 0.6) is 0 Å². The Hall–Kier alpha value is -1.04. The Labute approximate surface area is 95.1 Å². The zero-order chi connectivity index (χ0) is 11.4. The highest BCUT2D eigenvalue weighted by atomic mass is 16.5. The number of hydrogen-bond acceptors (Lipinski definition) is 5. The third-order valence-corrected chi connectivity index (χ3v) is 2.76. The molecule has 1 unspecified atom stereocenters. The average molecular weight is 223 g/mol. The number of hydrogen-bond donors (Lipinski definition) is 1. The summed E-state index contributed by atoms with van der Waals surface area (Å²) in [5.74, 6) is 0. The Bertz CT molecular complexity index is 329. The molecule has 88 valence electrons. The second-order valence-electron chi connectivity index (χ2n) is 4.03. The van der Waals surface area contributed by atoms with Crippen molar-refractivity contribution in [3.05, 3.63) is 23.8 Å². The number of aryl methyl sites for hydroxylation is 1. The Morgan fingerprint density at radius 3 is 3.06 bits per heavy atom. The summed E-state index contributed by atoms with van der Waals surface area (Å²) in [4.78, 5) is 10.7. The number of rotatable bonds is 3. The van der Waals surface area contributed by atoms with Crippen LogP contribution in [0.15, 0.2) is 12.4 Å². The molecule has 0 spiro atoms.